The van der Waals surface area contributed by atoms with Crippen LogP contribution in [0.3, 0.4) is 0 Å². The second-order valence-corrected chi connectivity index (χ2v) is 7.96. The number of amides is 1. The summed E-state index contributed by atoms with van der Waals surface area (Å²) in [5.74, 6) is 0. The van der Waals surface area contributed by atoms with E-state index in [1.54, 1.807) is 0 Å². The van der Waals surface area contributed by atoms with Crippen LogP contribution in [0, 0.1) is 0 Å². The van der Waals surface area contributed by atoms with E-state index >= 15 is 0 Å². The summed E-state index contributed by atoms with van der Waals surface area (Å²) in [5, 5.41) is 5.86. The fraction of sp³-hybridized carbons (Fsp3) is 0.688. The van der Waals surface area contributed by atoms with Gasteiger partial charge in [-0.15, -0.1) is 11.3 Å². The standard InChI is InChI=1S/C16H24N2O2S/c1-15(2,3)20-14(19)18-9-4-7-16(11-18)13-12(5-8-17-16)6-10-21-13/h6,10,17H,4-5,7-9,11H2,1-3H3. The van der Waals surface area contributed by atoms with Crippen LogP contribution in [0.2, 0.25) is 0 Å². The van der Waals surface area contributed by atoms with Crippen molar-refractivity contribution in [3.63, 3.8) is 0 Å². The van der Waals surface area contributed by atoms with Gasteiger partial charge in [0.15, 0.2) is 0 Å². The Labute approximate surface area is 130 Å². The largest absolute Gasteiger partial charge is 0.444 e. The molecule has 0 saturated carbocycles. The van der Waals surface area contributed by atoms with E-state index in [1.165, 1.54) is 10.4 Å². The van der Waals surface area contributed by atoms with Crippen LogP contribution in [0.1, 0.15) is 44.1 Å². The summed E-state index contributed by atoms with van der Waals surface area (Å²) in [6.45, 7) is 8.25. The molecule has 0 aromatic carbocycles. The molecule has 2 aliphatic heterocycles. The summed E-state index contributed by atoms with van der Waals surface area (Å²) < 4.78 is 5.54. The summed E-state index contributed by atoms with van der Waals surface area (Å²) >= 11 is 1.82. The Kier molecular flexibility index (Phi) is 3.74. The summed E-state index contributed by atoms with van der Waals surface area (Å²) in [6.07, 6.45) is 3.02. The van der Waals surface area contributed by atoms with Crippen LogP contribution in [-0.2, 0) is 16.7 Å². The molecule has 1 spiro atoms. The summed E-state index contributed by atoms with van der Waals surface area (Å²) in [6, 6.07) is 2.23. The Morgan fingerprint density at radius 3 is 3.05 bits per heavy atom. The van der Waals surface area contributed by atoms with Crippen molar-refractivity contribution in [3.8, 4) is 0 Å². The minimum atomic E-state index is -0.435. The van der Waals surface area contributed by atoms with Gasteiger partial charge in [0, 0.05) is 24.5 Å². The molecule has 3 heterocycles. The van der Waals surface area contributed by atoms with E-state index in [4.69, 9.17) is 4.74 Å². The van der Waals surface area contributed by atoms with E-state index in [2.05, 4.69) is 16.8 Å². The average molecular weight is 308 g/mol. The molecule has 0 radical (unpaired) electrons. The molecule has 5 heteroatoms. The van der Waals surface area contributed by atoms with Crippen molar-refractivity contribution in [2.75, 3.05) is 19.6 Å². The smallest absolute Gasteiger partial charge is 0.410 e. The van der Waals surface area contributed by atoms with E-state index < -0.39 is 5.60 Å². The van der Waals surface area contributed by atoms with Crippen molar-refractivity contribution in [1.29, 1.82) is 0 Å². The second kappa shape index (κ2) is 5.29. The molecule has 21 heavy (non-hydrogen) atoms. The molecule has 1 N–H and O–H groups in total. The first-order chi connectivity index (χ1) is 9.90. The number of likely N-dealkylation sites (tertiary alicyclic amines) is 1. The van der Waals surface area contributed by atoms with E-state index in [-0.39, 0.29) is 11.6 Å². The molecule has 1 fully saturated rings. The first-order valence-electron chi connectivity index (χ1n) is 7.69. The van der Waals surface area contributed by atoms with Gasteiger partial charge in [-0.05, 0) is 57.0 Å². The van der Waals surface area contributed by atoms with Crippen molar-refractivity contribution in [2.45, 2.75) is 51.2 Å². The summed E-state index contributed by atoms with van der Waals surface area (Å²) in [7, 11) is 0. The highest BCUT2D eigenvalue weighted by atomic mass is 32.1. The van der Waals surface area contributed by atoms with Crippen LogP contribution in [-0.4, -0.2) is 36.2 Å². The van der Waals surface area contributed by atoms with Crippen LogP contribution in [0.15, 0.2) is 11.4 Å². The molecule has 1 atom stereocenters. The van der Waals surface area contributed by atoms with Crippen LogP contribution in [0.5, 0.6) is 0 Å². The fourth-order valence-electron chi connectivity index (χ4n) is 3.34. The number of piperidine rings is 1. The Morgan fingerprint density at radius 1 is 1.48 bits per heavy atom. The number of rotatable bonds is 0. The monoisotopic (exact) mass is 308 g/mol. The fourth-order valence-corrected chi connectivity index (χ4v) is 4.49. The minimum absolute atomic E-state index is 0.0586. The van der Waals surface area contributed by atoms with Crippen LogP contribution >= 0.6 is 11.3 Å². The number of fused-ring (bicyclic) bond motifs is 2. The third kappa shape index (κ3) is 2.94. The number of hydrogen-bond acceptors (Lipinski definition) is 4. The third-order valence-electron chi connectivity index (χ3n) is 4.18. The van der Waals surface area contributed by atoms with Crippen molar-refractivity contribution < 1.29 is 9.53 Å². The van der Waals surface area contributed by atoms with Gasteiger partial charge in [-0.25, -0.2) is 4.79 Å². The first-order valence-corrected chi connectivity index (χ1v) is 8.57. The Morgan fingerprint density at radius 2 is 2.29 bits per heavy atom. The zero-order chi connectivity index (χ0) is 15.1. The summed E-state index contributed by atoms with van der Waals surface area (Å²) in [4.78, 5) is 15.7. The molecule has 116 valence electrons. The molecule has 4 nitrogen and oxygen atoms in total. The molecule has 1 unspecified atom stereocenters. The molecule has 1 amide bonds. The van der Waals surface area contributed by atoms with Gasteiger partial charge in [0.2, 0.25) is 0 Å². The molecule has 3 rings (SSSR count). The van der Waals surface area contributed by atoms with Gasteiger partial charge in [0.25, 0.3) is 0 Å². The van der Waals surface area contributed by atoms with Gasteiger partial charge in [0.05, 0.1) is 5.54 Å². The van der Waals surface area contributed by atoms with Crippen molar-refractivity contribution in [3.05, 3.63) is 21.9 Å². The highest BCUT2D eigenvalue weighted by Crippen LogP contribution is 2.39. The van der Waals surface area contributed by atoms with Gasteiger partial charge in [-0.3, -0.25) is 0 Å². The normalized spacial score (nSPS) is 25.8. The number of carbonyl (C=O) groups excluding carboxylic acids is 1. The van der Waals surface area contributed by atoms with Gasteiger partial charge < -0.3 is 15.0 Å². The zero-order valence-corrected chi connectivity index (χ0v) is 13.9. The SMILES string of the molecule is CC(C)(C)OC(=O)N1CCCC2(C1)NCCc1ccsc12. The second-order valence-electron chi connectivity index (χ2n) is 7.04. The maximum atomic E-state index is 12.4. The molecule has 0 bridgehead atoms. The van der Waals surface area contributed by atoms with Crippen LogP contribution in [0.25, 0.3) is 0 Å². The highest BCUT2D eigenvalue weighted by Gasteiger charge is 2.43. The van der Waals surface area contributed by atoms with Gasteiger partial charge in [0.1, 0.15) is 5.60 Å². The lowest BCUT2D eigenvalue weighted by Gasteiger charge is -2.45. The number of thiophene rings is 1. The number of carbonyl (C=O) groups is 1. The van der Waals surface area contributed by atoms with Gasteiger partial charge in [-0.2, -0.15) is 0 Å². The predicted molar refractivity (Wildman–Crippen MR) is 84.7 cm³/mol. The van der Waals surface area contributed by atoms with Crippen LogP contribution < -0.4 is 5.32 Å². The van der Waals surface area contributed by atoms with E-state index in [9.17, 15) is 4.79 Å². The molecular formula is C16H24N2O2S. The Balaban J connectivity index is 1.80. The van der Waals surface area contributed by atoms with Crippen LogP contribution in [0.4, 0.5) is 4.79 Å². The quantitative estimate of drug-likeness (QED) is 0.800. The Bertz CT molecular complexity index is 535. The van der Waals surface area contributed by atoms with E-state index in [1.807, 2.05) is 37.0 Å². The maximum Gasteiger partial charge on any atom is 0.410 e. The van der Waals surface area contributed by atoms with Crippen molar-refractivity contribution >= 4 is 17.4 Å². The van der Waals surface area contributed by atoms with E-state index in [0.717, 1.165) is 38.9 Å². The number of nitrogens with zero attached hydrogens (tertiary/aromatic N) is 1. The number of hydrogen-bond donors (Lipinski definition) is 1. The molecule has 2 aliphatic rings. The number of nitrogens with one attached hydrogen (secondary N) is 1. The summed E-state index contributed by atoms with van der Waals surface area (Å²) in [5.41, 5.74) is 0.956. The lowest BCUT2D eigenvalue weighted by Crippen LogP contribution is -2.58. The zero-order valence-electron chi connectivity index (χ0n) is 13.1. The van der Waals surface area contributed by atoms with Gasteiger partial charge >= 0.3 is 6.09 Å². The third-order valence-corrected chi connectivity index (χ3v) is 5.34. The van der Waals surface area contributed by atoms with Gasteiger partial charge in [-0.1, -0.05) is 0 Å². The average Bonchev–Trinajstić information content (AvgIpc) is 2.87. The topological polar surface area (TPSA) is 41.6 Å². The molecule has 1 saturated heterocycles. The lowest BCUT2D eigenvalue weighted by molar-refractivity contribution is 0.0101. The predicted octanol–water partition coefficient (Wildman–Crippen LogP) is 3.12. The Hall–Kier alpha value is -1.07. The minimum Gasteiger partial charge on any atom is -0.444 e. The molecule has 0 aliphatic carbocycles. The highest BCUT2D eigenvalue weighted by molar-refractivity contribution is 7.10. The lowest BCUT2D eigenvalue weighted by atomic mass is 9.83. The molecule has 1 aromatic rings. The molecule has 1 aromatic heterocycles. The van der Waals surface area contributed by atoms with Crippen molar-refractivity contribution in [1.82, 2.24) is 10.2 Å². The van der Waals surface area contributed by atoms with Crippen molar-refractivity contribution in [2.24, 2.45) is 0 Å². The van der Waals surface area contributed by atoms with E-state index in [0.29, 0.717) is 0 Å². The number of ether oxygens (including phenoxy) is 1. The molecular weight excluding hydrogens is 284 g/mol. The maximum absolute atomic E-state index is 12.4. The first kappa shape index (κ1) is 14.9.